The van der Waals surface area contributed by atoms with Gasteiger partial charge in [-0.2, -0.15) is 20.2 Å². The lowest BCUT2D eigenvalue weighted by Gasteiger charge is -2.35. The molecule has 4 aliphatic heterocycles. The maximum Gasteiger partial charge on any atom is 0.320 e. The number of nitrogens with zero attached hydrogens (tertiary/aromatic N) is 7. The van der Waals surface area contributed by atoms with Crippen molar-refractivity contribution >= 4 is 44.8 Å². The summed E-state index contributed by atoms with van der Waals surface area (Å²) in [5.74, 6) is 1.27. The van der Waals surface area contributed by atoms with E-state index in [1.54, 1.807) is 0 Å². The summed E-state index contributed by atoms with van der Waals surface area (Å²) in [6, 6.07) is 3.58. The third-order valence-corrected chi connectivity index (χ3v) is 11.4. The van der Waals surface area contributed by atoms with E-state index in [9.17, 15) is 10.1 Å². The summed E-state index contributed by atoms with van der Waals surface area (Å²) in [4.78, 5) is 37.2. The molecule has 3 aromatic rings. The second-order valence-corrected chi connectivity index (χ2v) is 14.6. The first-order chi connectivity index (χ1) is 21.5. The van der Waals surface area contributed by atoms with Crippen LogP contribution in [0.1, 0.15) is 49.1 Å². The lowest BCUT2D eigenvalue weighted by atomic mass is 9.99. The first-order valence-electron chi connectivity index (χ1n) is 15.7. The maximum absolute atomic E-state index is 12.7. The Balaban J connectivity index is 1.10. The van der Waals surface area contributed by atoms with Gasteiger partial charge in [0, 0.05) is 74.8 Å². The van der Waals surface area contributed by atoms with Crippen molar-refractivity contribution in [3.63, 3.8) is 0 Å². The Kier molecular flexibility index (Phi) is 7.38. The molecule has 2 N–H and O–H groups in total. The van der Waals surface area contributed by atoms with E-state index in [0.717, 1.165) is 88.4 Å². The highest BCUT2D eigenvalue weighted by molar-refractivity contribution is 7.22. The number of nitriles is 1. The highest BCUT2D eigenvalue weighted by Crippen LogP contribution is 2.47. The smallest absolute Gasteiger partial charge is 0.320 e. The molecule has 2 bridgehead atoms. The Bertz CT molecular complexity index is 1650. The average Bonchev–Trinajstić information content (AvgIpc) is 3.31. The Labute approximate surface area is 264 Å². The monoisotopic (exact) mass is 637 g/mol. The van der Waals surface area contributed by atoms with Crippen LogP contribution in [-0.4, -0.2) is 103 Å². The second kappa shape index (κ2) is 11.4. The number of aromatic amines is 1. The molecule has 1 saturated carbocycles. The number of morpholine rings is 1. The molecule has 5 fully saturated rings. The summed E-state index contributed by atoms with van der Waals surface area (Å²) in [5.41, 5.74) is 1.16. The SMILES string of the molecule is N#Cc1c(N2CCC(c3c(Cl)sc4[nH]cnc(=O)c34)C2)nc(OCC2(CN3CCOCC3)CC2)nc1N1C[C@H]2CC[C@@H](C1)N2. The van der Waals surface area contributed by atoms with E-state index < -0.39 is 0 Å². The standard InChI is InChI=1S/C30H36ClN9O3S/c31-24-22(23-27(41)33-17-34-28(23)44-24)18-3-6-39(12-18)25-21(11-32)26(40-13-19-1-2-20(14-40)35-19)37-29(36-25)43-16-30(4-5-30)15-38-7-9-42-10-8-38/h17-20,35H,1-10,12-16H2,(H,33,34,41)/t18?,19-,20+. The number of fused-ring (bicyclic) bond motifs is 3. The number of hydrogen-bond acceptors (Lipinski definition) is 12. The lowest BCUT2D eigenvalue weighted by Crippen LogP contribution is -2.51. The number of hydrogen-bond donors (Lipinski definition) is 2. The Morgan fingerprint density at radius 2 is 1.84 bits per heavy atom. The van der Waals surface area contributed by atoms with Gasteiger partial charge in [-0.1, -0.05) is 11.6 Å². The average molecular weight is 638 g/mol. The van der Waals surface area contributed by atoms with Crippen LogP contribution >= 0.6 is 22.9 Å². The van der Waals surface area contributed by atoms with Gasteiger partial charge in [0.25, 0.3) is 5.56 Å². The summed E-state index contributed by atoms with van der Waals surface area (Å²) in [6.45, 7) is 7.88. The van der Waals surface area contributed by atoms with Crippen molar-refractivity contribution in [3.8, 4) is 12.1 Å². The molecule has 14 heteroatoms. The number of H-pyrrole nitrogens is 1. The zero-order valence-corrected chi connectivity index (χ0v) is 26.1. The molecule has 7 heterocycles. The number of nitrogens with one attached hydrogen (secondary N) is 2. The fourth-order valence-corrected chi connectivity index (χ4v) is 8.93. The molecule has 8 rings (SSSR count). The number of halogens is 1. The Hall–Kier alpha value is -3.02. The Morgan fingerprint density at radius 3 is 2.57 bits per heavy atom. The van der Waals surface area contributed by atoms with Gasteiger partial charge in [-0.25, -0.2) is 0 Å². The molecule has 0 radical (unpaired) electrons. The van der Waals surface area contributed by atoms with Crippen LogP contribution in [0.2, 0.25) is 4.34 Å². The lowest BCUT2D eigenvalue weighted by molar-refractivity contribution is 0.0231. The first-order valence-corrected chi connectivity index (χ1v) is 16.8. The number of thiophene rings is 1. The van der Waals surface area contributed by atoms with Crippen molar-refractivity contribution in [2.24, 2.45) is 5.41 Å². The molecule has 3 atom stereocenters. The zero-order chi connectivity index (χ0) is 29.8. The number of aromatic nitrogens is 4. The number of piperazine rings is 1. The fourth-order valence-electron chi connectivity index (χ4n) is 7.48. The zero-order valence-electron chi connectivity index (χ0n) is 24.6. The van der Waals surface area contributed by atoms with Crippen molar-refractivity contribution in [2.75, 3.05) is 75.4 Å². The molecule has 44 heavy (non-hydrogen) atoms. The molecular formula is C30H36ClN9O3S. The molecule has 0 aromatic carbocycles. The number of rotatable bonds is 8. The second-order valence-electron chi connectivity index (χ2n) is 13.0. The molecule has 0 amide bonds. The minimum Gasteiger partial charge on any atom is -0.463 e. The van der Waals surface area contributed by atoms with E-state index in [1.807, 2.05) is 0 Å². The van der Waals surface area contributed by atoms with Gasteiger partial charge in [0.1, 0.15) is 16.5 Å². The van der Waals surface area contributed by atoms with E-state index in [4.69, 9.17) is 31.0 Å². The molecule has 5 aliphatic rings. The van der Waals surface area contributed by atoms with Crippen LogP contribution < -0.4 is 25.4 Å². The van der Waals surface area contributed by atoms with Gasteiger partial charge in [0.05, 0.1) is 35.9 Å². The van der Waals surface area contributed by atoms with Gasteiger partial charge >= 0.3 is 6.01 Å². The molecule has 1 unspecified atom stereocenters. The molecule has 12 nitrogen and oxygen atoms in total. The Morgan fingerprint density at radius 1 is 1.09 bits per heavy atom. The molecular weight excluding hydrogens is 602 g/mol. The van der Waals surface area contributed by atoms with Crippen LogP contribution in [0, 0.1) is 16.7 Å². The van der Waals surface area contributed by atoms with Crippen LogP contribution in [0.5, 0.6) is 6.01 Å². The predicted octanol–water partition coefficient (Wildman–Crippen LogP) is 2.73. The minimum atomic E-state index is -0.271. The highest BCUT2D eigenvalue weighted by Gasteiger charge is 2.45. The summed E-state index contributed by atoms with van der Waals surface area (Å²) in [5, 5.41) is 14.8. The summed E-state index contributed by atoms with van der Waals surface area (Å²) in [7, 11) is 0. The molecule has 3 aromatic heterocycles. The molecule has 0 spiro atoms. The quantitative estimate of drug-likeness (QED) is 0.377. The van der Waals surface area contributed by atoms with Crippen LogP contribution in [0.4, 0.5) is 11.6 Å². The third kappa shape index (κ3) is 5.30. The summed E-state index contributed by atoms with van der Waals surface area (Å²) in [6.07, 6.45) is 6.70. The van der Waals surface area contributed by atoms with Gasteiger partial charge in [-0.05, 0) is 32.1 Å². The van der Waals surface area contributed by atoms with E-state index in [2.05, 4.69) is 36.1 Å². The first kappa shape index (κ1) is 28.5. The van der Waals surface area contributed by atoms with Gasteiger partial charge in [-0.3, -0.25) is 9.69 Å². The van der Waals surface area contributed by atoms with Gasteiger partial charge in [-0.15, -0.1) is 11.3 Å². The van der Waals surface area contributed by atoms with E-state index >= 15 is 0 Å². The maximum atomic E-state index is 12.7. The van der Waals surface area contributed by atoms with Gasteiger partial charge in [0.2, 0.25) is 0 Å². The number of ether oxygens (including phenoxy) is 2. The van der Waals surface area contributed by atoms with Gasteiger partial charge < -0.3 is 29.6 Å². The minimum absolute atomic E-state index is 0.00848. The third-order valence-electron chi connectivity index (χ3n) is 9.99. The van der Waals surface area contributed by atoms with Crippen LogP contribution in [-0.2, 0) is 4.74 Å². The van der Waals surface area contributed by atoms with Crippen LogP contribution in [0.3, 0.4) is 0 Å². The van der Waals surface area contributed by atoms with Crippen molar-refractivity contribution < 1.29 is 9.47 Å². The van der Waals surface area contributed by atoms with Crippen molar-refractivity contribution in [2.45, 2.75) is 50.1 Å². The van der Waals surface area contributed by atoms with Crippen LogP contribution in [0.15, 0.2) is 11.1 Å². The molecule has 1 aliphatic carbocycles. The van der Waals surface area contributed by atoms with E-state index in [-0.39, 0.29) is 16.9 Å². The normalized spacial score (nSPS) is 26.3. The van der Waals surface area contributed by atoms with Crippen molar-refractivity contribution in [1.82, 2.24) is 30.2 Å². The fraction of sp³-hybridized carbons (Fsp3) is 0.633. The largest absolute Gasteiger partial charge is 0.463 e. The topological polar surface area (TPSA) is 136 Å². The summed E-state index contributed by atoms with van der Waals surface area (Å²) < 4.78 is 12.6. The summed E-state index contributed by atoms with van der Waals surface area (Å²) >= 11 is 8.08. The molecule has 232 valence electrons. The highest BCUT2D eigenvalue weighted by atomic mass is 35.5. The predicted molar refractivity (Wildman–Crippen MR) is 168 cm³/mol. The van der Waals surface area contributed by atoms with E-state index in [1.165, 1.54) is 17.7 Å². The van der Waals surface area contributed by atoms with Crippen LogP contribution in [0.25, 0.3) is 10.2 Å². The number of anilines is 2. The van der Waals surface area contributed by atoms with E-state index in [0.29, 0.717) is 64.7 Å². The molecule has 4 saturated heterocycles. The van der Waals surface area contributed by atoms with Crippen molar-refractivity contribution in [3.05, 3.63) is 32.1 Å². The van der Waals surface area contributed by atoms with Crippen molar-refractivity contribution in [1.29, 1.82) is 5.26 Å². The van der Waals surface area contributed by atoms with Gasteiger partial charge in [0.15, 0.2) is 11.6 Å².